The SMILES string of the molecule is IC1=CCC(OCC2CCCCC2)C(OCC2CCCCC2)C1. The molecule has 0 aliphatic heterocycles. The molecule has 0 amide bonds. The number of hydrogen-bond donors (Lipinski definition) is 0. The van der Waals surface area contributed by atoms with Gasteiger partial charge in [-0.15, -0.1) is 0 Å². The molecular formula is C20H33IO2. The Kier molecular flexibility index (Phi) is 7.72. The first-order valence-corrected chi connectivity index (χ1v) is 11.0. The quantitative estimate of drug-likeness (QED) is 0.477. The van der Waals surface area contributed by atoms with Gasteiger partial charge in [-0.05, 0) is 70.1 Å². The van der Waals surface area contributed by atoms with Gasteiger partial charge in [-0.3, -0.25) is 0 Å². The normalized spacial score (nSPS) is 31.1. The van der Waals surface area contributed by atoms with E-state index in [4.69, 9.17) is 9.47 Å². The zero-order chi connectivity index (χ0) is 15.9. The topological polar surface area (TPSA) is 18.5 Å². The monoisotopic (exact) mass is 432 g/mol. The van der Waals surface area contributed by atoms with E-state index in [0.717, 1.165) is 37.9 Å². The molecule has 3 aliphatic carbocycles. The second-order valence-corrected chi connectivity index (χ2v) is 9.23. The Morgan fingerprint density at radius 1 is 0.783 bits per heavy atom. The van der Waals surface area contributed by atoms with Crippen molar-refractivity contribution in [3.05, 3.63) is 9.66 Å². The lowest BCUT2D eigenvalue weighted by atomic mass is 9.89. The molecule has 2 saturated carbocycles. The zero-order valence-electron chi connectivity index (χ0n) is 14.5. The molecular weight excluding hydrogens is 399 g/mol. The predicted molar refractivity (Wildman–Crippen MR) is 104 cm³/mol. The zero-order valence-corrected chi connectivity index (χ0v) is 16.6. The van der Waals surface area contributed by atoms with Crippen molar-refractivity contribution in [3.8, 4) is 0 Å². The average Bonchev–Trinajstić information content (AvgIpc) is 2.61. The first-order valence-electron chi connectivity index (χ1n) is 9.89. The molecule has 0 aromatic carbocycles. The van der Waals surface area contributed by atoms with Crippen LogP contribution in [0, 0.1) is 11.8 Å². The van der Waals surface area contributed by atoms with Crippen LogP contribution in [0.4, 0.5) is 0 Å². The van der Waals surface area contributed by atoms with Crippen molar-refractivity contribution in [3.63, 3.8) is 0 Å². The number of halogens is 1. The smallest absolute Gasteiger partial charge is 0.0884 e. The fourth-order valence-electron chi connectivity index (χ4n) is 4.37. The molecule has 0 heterocycles. The first kappa shape index (κ1) is 18.2. The third kappa shape index (κ3) is 6.00. The second-order valence-electron chi connectivity index (χ2n) is 7.84. The largest absolute Gasteiger partial charge is 0.375 e. The van der Waals surface area contributed by atoms with Crippen molar-refractivity contribution in [2.75, 3.05) is 13.2 Å². The van der Waals surface area contributed by atoms with Gasteiger partial charge in [-0.25, -0.2) is 0 Å². The van der Waals surface area contributed by atoms with Crippen LogP contribution in [0.5, 0.6) is 0 Å². The molecule has 2 fully saturated rings. The van der Waals surface area contributed by atoms with Crippen LogP contribution in [-0.4, -0.2) is 25.4 Å². The molecule has 0 N–H and O–H groups in total. The van der Waals surface area contributed by atoms with E-state index in [2.05, 4.69) is 28.7 Å². The van der Waals surface area contributed by atoms with Crippen LogP contribution in [-0.2, 0) is 9.47 Å². The lowest BCUT2D eigenvalue weighted by Crippen LogP contribution is -2.36. The summed E-state index contributed by atoms with van der Waals surface area (Å²) in [6, 6.07) is 0. The van der Waals surface area contributed by atoms with Crippen LogP contribution in [0.3, 0.4) is 0 Å². The fourth-order valence-corrected chi connectivity index (χ4v) is 5.06. The molecule has 0 radical (unpaired) electrons. The molecule has 0 aromatic heterocycles. The number of hydrogen-bond acceptors (Lipinski definition) is 2. The van der Waals surface area contributed by atoms with Crippen molar-refractivity contribution in [2.24, 2.45) is 11.8 Å². The van der Waals surface area contributed by atoms with Gasteiger partial charge < -0.3 is 9.47 Å². The highest BCUT2D eigenvalue weighted by Crippen LogP contribution is 2.31. The maximum atomic E-state index is 6.37. The Hall–Kier alpha value is 0.390. The Labute approximate surface area is 155 Å². The summed E-state index contributed by atoms with van der Waals surface area (Å²) in [5.41, 5.74) is 0. The Bertz CT molecular complexity index is 370. The van der Waals surface area contributed by atoms with Gasteiger partial charge >= 0.3 is 0 Å². The van der Waals surface area contributed by atoms with Crippen molar-refractivity contribution < 1.29 is 9.47 Å². The third-order valence-corrected chi connectivity index (χ3v) is 6.80. The van der Waals surface area contributed by atoms with Gasteiger partial charge in [0.1, 0.15) is 0 Å². The standard InChI is InChI=1S/C20H33IO2/c21-18-11-12-19(22-14-16-7-3-1-4-8-16)20(13-18)23-15-17-9-5-2-6-10-17/h11,16-17,19-20H,1-10,12-15H2. The summed E-state index contributed by atoms with van der Waals surface area (Å²) in [4.78, 5) is 0. The summed E-state index contributed by atoms with van der Waals surface area (Å²) in [6.45, 7) is 1.91. The maximum Gasteiger partial charge on any atom is 0.0884 e. The van der Waals surface area contributed by atoms with Gasteiger partial charge in [0.05, 0.1) is 12.2 Å². The highest BCUT2D eigenvalue weighted by molar-refractivity contribution is 14.1. The summed E-state index contributed by atoms with van der Waals surface area (Å²) in [7, 11) is 0. The molecule has 0 bridgehead atoms. The van der Waals surface area contributed by atoms with E-state index in [0.29, 0.717) is 6.10 Å². The van der Waals surface area contributed by atoms with E-state index in [9.17, 15) is 0 Å². The van der Waals surface area contributed by atoms with Crippen molar-refractivity contribution >= 4 is 22.6 Å². The van der Waals surface area contributed by atoms with E-state index in [-0.39, 0.29) is 6.10 Å². The fraction of sp³-hybridized carbons (Fsp3) is 0.900. The summed E-state index contributed by atoms with van der Waals surface area (Å²) in [5, 5.41) is 0. The van der Waals surface area contributed by atoms with Gasteiger partial charge in [0, 0.05) is 19.6 Å². The number of rotatable bonds is 6. The highest BCUT2D eigenvalue weighted by atomic mass is 127. The van der Waals surface area contributed by atoms with Crippen LogP contribution in [0.15, 0.2) is 9.66 Å². The van der Waals surface area contributed by atoms with Gasteiger partial charge in [-0.1, -0.05) is 44.6 Å². The lowest BCUT2D eigenvalue weighted by molar-refractivity contribution is -0.0928. The molecule has 2 nitrogen and oxygen atoms in total. The maximum absolute atomic E-state index is 6.37. The molecule has 2 atom stereocenters. The predicted octanol–water partition coefficient (Wildman–Crippen LogP) is 6.03. The van der Waals surface area contributed by atoms with E-state index >= 15 is 0 Å². The van der Waals surface area contributed by atoms with Crippen molar-refractivity contribution in [1.82, 2.24) is 0 Å². The first-order chi connectivity index (χ1) is 11.3. The molecule has 23 heavy (non-hydrogen) atoms. The minimum atomic E-state index is 0.289. The van der Waals surface area contributed by atoms with Crippen molar-refractivity contribution in [1.29, 1.82) is 0 Å². The minimum absolute atomic E-state index is 0.289. The Morgan fingerprint density at radius 2 is 1.30 bits per heavy atom. The number of ether oxygens (including phenoxy) is 2. The van der Waals surface area contributed by atoms with Gasteiger partial charge in [0.25, 0.3) is 0 Å². The van der Waals surface area contributed by atoms with E-state index in [1.165, 1.54) is 67.8 Å². The summed E-state index contributed by atoms with van der Waals surface area (Å²) in [6.07, 6.45) is 19.0. The van der Waals surface area contributed by atoms with Gasteiger partial charge in [0.2, 0.25) is 0 Å². The van der Waals surface area contributed by atoms with Gasteiger partial charge in [-0.2, -0.15) is 0 Å². The minimum Gasteiger partial charge on any atom is -0.375 e. The molecule has 132 valence electrons. The van der Waals surface area contributed by atoms with E-state index in [1.807, 2.05) is 0 Å². The van der Waals surface area contributed by atoms with Gasteiger partial charge in [0.15, 0.2) is 0 Å². The molecule has 2 unspecified atom stereocenters. The molecule has 3 aliphatic rings. The molecule has 3 heteroatoms. The van der Waals surface area contributed by atoms with E-state index < -0.39 is 0 Å². The van der Waals surface area contributed by atoms with Crippen LogP contribution in [0.2, 0.25) is 0 Å². The highest BCUT2D eigenvalue weighted by Gasteiger charge is 2.29. The third-order valence-electron chi connectivity index (χ3n) is 5.92. The summed E-state index contributed by atoms with van der Waals surface area (Å²) >= 11 is 2.47. The summed E-state index contributed by atoms with van der Waals surface area (Å²) in [5.74, 6) is 1.60. The van der Waals surface area contributed by atoms with Crippen LogP contribution >= 0.6 is 22.6 Å². The molecule has 0 aromatic rings. The molecule has 0 spiro atoms. The van der Waals surface area contributed by atoms with Crippen LogP contribution in [0.1, 0.15) is 77.0 Å². The molecule has 0 saturated heterocycles. The Balaban J connectivity index is 1.45. The Morgan fingerprint density at radius 3 is 1.87 bits per heavy atom. The molecule has 3 rings (SSSR count). The second kappa shape index (κ2) is 9.76. The lowest BCUT2D eigenvalue weighted by Gasteiger charge is -2.33. The van der Waals surface area contributed by atoms with E-state index in [1.54, 1.807) is 0 Å². The summed E-state index contributed by atoms with van der Waals surface area (Å²) < 4.78 is 14.2. The van der Waals surface area contributed by atoms with Crippen molar-refractivity contribution in [2.45, 2.75) is 89.3 Å². The van der Waals surface area contributed by atoms with Crippen LogP contribution < -0.4 is 0 Å². The van der Waals surface area contributed by atoms with Crippen LogP contribution in [0.25, 0.3) is 0 Å². The average molecular weight is 432 g/mol.